The van der Waals surface area contributed by atoms with Gasteiger partial charge in [0.15, 0.2) is 4.80 Å². The zero-order valence-corrected chi connectivity index (χ0v) is 31.9. The number of carbonyl (C=O) groups excluding carboxylic acids is 1. The van der Waals surface area contributed by atoms with Crippen LogP contribution in [0.2, 0.25) is 5.02 Å². The number of aromatic nitrogens is 1. The van der Waals surface area contributed by atoms with Crippen LogP contribution in [0.25, 0.3) is 11.8 Å². The molecule has 1 aliphatic rings. The van der Waals surface area contributed by atoms with Crippen molar-refractivity contribution in [3.05, 3.63) is 151 Å². The Balaban J connectivity index is 1.55. The van der Waals surface area contributed by atoms with Gasteiger partial charge in [0.1, 0.15) is 12.4 Å². The summed E-state index contributed by atoms with van der Waals surface area (Å²) < 4.78 is 16.0. The van der Waals surface area contributed by atoms with Crippen molar-refractivity contribution in [1.82, 2.24) is 4.57 Å². The zero-order valence-electron chi connectivity index (χ0n) is 25.2. The highest BCUT2D eigenvalue weighted by Gasteiger charge is 2.35. The Morgan fingerprint density at radius 3 is 2.45 bits per heavy atom. The molecule has 6 rings (SSSR count). The molecule has 0 radical (unpaired) electrons. The Kier molecular flexibility index (Phi) is 10.9. The van der Waals surface area contributed by atoms with E-state index in [0.29, 0.717) is 38.0 Å². The second-order valence-corrected chi connectivity index (χ2v) is 15.2. The van der Waals surface area contributed by atoms with Crippen molar-refractivity contribution in [2.75, 3.05) is 12.9 Å². The molecule has 0 N–H and O–H groups in total. The van der Waals surface area contributed by atoms with Crippen molar-refractivity contribution < 1.29 is 14.3 Å². The van der Waals surface area contributed by atoms with Gasteiger partial charge < -0.3 is 9.47 Å². The van der Waals surface area contributed by atoms with Crippen LogP contribution < -0.4 is 19.6 Å². The number of thioether (sulfide) groups is 1. The van der Waals surface area contributed by atoms with Gasteiger partial charge in [-0.05, 0) is 112 Å². The van der Waals surface area contributed by atoms with Crippen LogP contribution in [0.5, 0.6) is 5.75 Å². The number of fused-ring (bicyclic) bond motifs is 1. The fraction of sp³-hybridized carbons (Fsp3) is 0.139. The molecule has 1 atom stereocenters. The smallest absolute Gasteiger partial charge is 0.338 e. The monoisotopic (exact) mass is 904 g/mol. The molecule has 0 amide bonds. The SMILES string of the molecule is CCOC(=O)C1=C(c2ccccc2)N=c2s/c(=C\c3cc(I)cc(I)c3OCc3ccc(Cl)cc3)c(=O)n2[C@H]1c1ccc(SC)cc1. The predicted octanol–water partition coefficient (Wildman–Crippen LogP) is 8.10. The van der Waals surface area contributed by atoms with Gasteiger partial charge in [-0.1, -0.05) is 77.5 Å². The lowest BCUT2D eigenvalue weighted by molar-refractivity contribution is -0.138. The van der Waals surface area contributed by atoms with Crippen LogP contribution in [0.3, 0.4) is 0 Å². The molecule has 47 heavy (non-hydrogen) atoms. The van der Waals surface area contributed by atoms with E-state index in [1.807, 2.05) is 103 Å². The minimum atomic E-state index is -0.741. The summed E-state index contributed by atoms with van der Waals surface area (Å²) in [7, 11) is 0. The molecule has 1 aliphatic heterocycles. The van der Waals surface area contributed by atoms with Gasteiger partial charge in [0.05, 0.1) is 32.0 Å². The summed E-state index contributed by atoms with van der Waals surface area (Å²) >= 11 is 13.5. The van der Waals surface area contributed by atoms with Crippen molar-refractivity contribution in [1.29, 1.82) is 0 Å². The normalized spacial score (nSPS) is 14.5. The third-order valence-electron chi connectivity index (χ3n) is 7.43. The molecule has 0 unspecified atom stereocenters. The van der Waals surface area contributed by atoms with E-state index in [1.54, 1.807) is 23.3 Å². The molecular formula is C36H27ClI2N2O4S2. The number of thiazole rings is 1. The van der Waals surface area contributed by atoms with Crippen molar-refractivity contribution in [3.8, 4) is 5.75 Å². The van der Waals surface area contributed by atoms with Crippen LogP contribution in [0.15, 0.2) is 111 Å². The fourth-order valence-electron chi connectivity index (χ4n) is 5.26. The van der Waals surface area contributed by atoms with E-state index in [-0.39, 0.29) is 12.2 Å². The van der Waals surface area contributed by atoms with Crippen molar-refractivity contribution in [2.24, 2.45) is 4.99 Å². The first-order valence-corrected chi connectivity index (χ1v) is 19.1. The van der Waals surface area contributed by atoms with Gasteiger partial charge >= 0.3 is 5.97 Å². The molecular weight excluding hydrogens is 878 g/mol. The van der Waals surface area contributed by atoms with Gasteiger partial charge in [-0.25, -0.2) is 9.79 Å². The van der Waals surface area contributed by atoms with E-state index < -0.39 is 12.0 Å². The highest BCUT2D eigenvalue weighted by atomic mass is 127. The molecule has 0 bridgehead atoms. The predicted molar refractivity (Wildman–Crippen MR) is 207 cm³/mol. The summed E-state index contributed by atoms with van der Waals surface area (Å²) in [5, 5.41) is 0.661. The number of nitrogens with zero attached hydrogens (tertiary/aromatic N) is 2. The average Bonchev–Trinajstić information content (AvgIpc) is 3.38. The molecule has 5 aromatic rings. The third kappa shape index (κ3) is 7.41. The number of hydrogen-bond donors (Lipinski definition) is 0. The second-order valence-electron chi connectivity index (χ2n) is 10.4. The summed E-state index contributed by atoms with van der Waals surface area (Å²) in [6.45, 7) is 2.30. The minimum absolute atomic E-state index is 0.191. The molecule has 1 aromatic heterocycles. The molecule has 0 fully saturated rings. The van der Waals surface area contributed by atoms with Crippen LogP contribution in [0, 0.1) is 7.14 Å². The Morgan fingerprint density at radius 1 is 1.04 bits per heavy atom. The number of halogens is 3. The lowest BCUT2D eigenvalue weighted by Gasteiger charge is -2.26. The molecule has 0 spiro atoms. The number of ether oxygens (including phenoxy) is 2. The molecule has 2 heterocycles. The van der Waals surface area contributed by atoms with E-state index in [9.17, 15) is 9.59 Å². The standard InChI is InChI=1S/C36H27ClI2N2O4S2/c1-3-44-35(43)30-31(22-7-5-4-6-8-22)40-36-41(32(30)23-11-15-27(46-2)16-12-23)34(42)29(47-36)18-24-17-26(38)19-28(39)33(24)45-20-21-9-13-25(37)14-10-21/h4-19,32H,3,20H2,1-2H3/b29-18-/t32-/m0/s1. The molecule has 0 saturated heterocycles. The quantitative estimate of drug-likeness (QED) is 0.0851. The molecule has 0 saturated carbocycles. The van der Waals surface area contributed by atoms with Gasteiger partial charge in [-0.3, -0.25) is 9.36 Å². The first kappa shape index (κ1) is 34.0. The molecule has 11 heteroatoms. The summed E-state index contributed by atoms with van der Waals surface area (Å²) in [6, 6.07) is 28.3. The van der Waals surface area contributed by atoms with Crippen LogP contribution in [0.4, 0.5) is 0 Å². The number of hydrogen-bond acceptors (Lipinski definition) is 7. The average molecular weight is 905 g/mol. The Bertz CT molecular complexity index is 2160. The van der Waals surface area contributed by atoms with Crippen LogP contribution in [-0.4, -0.2) is 23.4 Å². The van der Waals surface area contributed by atoms with Crippen LogP contribution in [-0.2, 0) is 16.1 Å². The number of benzene rings is 4. The van der Waals surface area contributed by atoms with Crippen molar-refractivity contribution >= 4 is 97.6 Å². The van der Waals surface area contributed by atoms with Crippen LogP contribution in [0.1, 0.15) is 35.2 Å². The van der Waals surface area contributed by atoms with E-state index in [2.05, 4.69) is 45.2 Å². The Hall–Kier alpha value is -2.91. The van der Waals surface area contributed by atoms with E-state index >= 15 is 0 Å². The first-order valence-electron chi connectivity index (χ1n) is 14.6. The van der Waals surface area contributed by atoms with Crippen molar-refractivity contribution in [2.45, 2.75) is 24.5 Å². The summed E-state index contributed by atoms with van der Waals surface area (Å²) in [5.41, 5.74) is 3.87. The number of esters is 1. The maximum atomic E-state index is 14.4. The van der Waals surface area contributed by atoms with Gasteiger partial charge in [-0.15, -0.1) is 11.8 Å². The van der Waals surface area contributed by atoms with Crippen molar-refractivity contribution in [3.63, 3.8) is 0 Å². The lowest BCUT2D eigenvalue weighted by atomic mass is 9.93. The first-order chi connectivity index (χ1) is 22.8. The molecule has 0 aliphatic carbocycles. The zero-order chi connectivity index (χ0) is 33.1. The number of rotatable bonds is 9. The highest BCUT2D eigenvalue weighted by Crippen LogP contribution is 2.36. The summed E-state index contributed by atoms with van der Waals surface area (Å²) in [6.07, 6.45) is 3.87. The largest absolute Gasteiger partial charge is 0.487 e. The van der Waals surface area contributed by atoms with Gasteiger partial charge in [-0.2, -0.15) is 0 Å². The second kappa shape index (κ2) is 15.1. The minimum Gasteiger partial charge on any atom is -0.487 e. The maximum Gasteiger partial charge on any atom is 0.338 e. The number of carbonyl (C=O) groups is 1. The molecule has 4 aromatic carbocycles. The highest BCUT2D eigenvalue weighted by molar-refractivity contribution is 14.1. The third-order valence-corrected chi connectivity index (χ3v) is 10.8. The Labute approximate surface area is 312 Å². The van der Waals surface area contributed by atoms with Gasteiger partial charge in [0, 0.05) is 24.6 Å². The van der Waals surface area contributed by atoms with Crippen LogP contribution >= 0.6 is 79.9 Å². The fourth-order valence-corrected chi connectivity index (χ4v) is 8.83. The lowest BCUT2D eigenvalue weighted by Crippen LogP contribution is -2.40. The van der Waals surface area contributed by atoms with Gasteiger partial charge in [0.2, 0.25) is 0 Å². The topological polar surface area (TPSA) is 69.9 Å². The van der Waals surface area contributed by atoms with Gasteiger partial charge in [0.25, 0.3) is 5.56 Å². The molecule has 6 nitrogen and oxygen atoms in total. The Morgan fingerprint density at radius 2 is 1.77 bits per heavy atom. The van der Waals surface area contributed by atoms with E-state index in [0.717, 1.165) is 34.3 Å². The summed E-state index contributed by atoms with van der Waals surface area (Å²) in [5.74, 6) is 0.168. The van der Waals surface area contributed by atoms with E-state index in [1.165, 1.54) is 11.3 Å². The van der Waals surface area contributed by atoms with E-state index in [4.69, 9.17) is 26.1 Å². The maximum absolute atomic E-state index is 14.4. The summed E-state index contributed by atoms with van der Waals surface area (Å²) in [4.78, 5) is 34.7. The molecule has 238 valence electrons.